The van der Waals surface area contributed by atoms with E-state index in [2.05, 4.69) is 40.0 Å². The van der Waals surface area contributed by atoms with E-state index in [1.165, 1.54) is 24.0 Å². The van der Waals surface area contributed by atoms with Gasteiger partial charge in [-0.25, -0.2) is 0 Å². The molecule has 0 bridgehead atoms. The second-order valence-electron chi connectivity index (χ2n) is 11.0. The van der Waals surface area contributed by atoms with Crippen LogP contribution < -0.4 is 16.0 Å². The van der Waals surface area contributed by atoms with Gasteiger partial charge in [-0.2, -0.15) is 0 Å². The fraction of sp³-hybridized carbons (Fsp3) is 0.533. The van der Waals surface area contributed by atoms with E-state index >= 15 is 0 Å². The Balaban J connectivity index is 1.23. The van der Waals surface area contributed by atoms with Crippen LogP contribution in [0.15, 0.2) is 48.5 Å². The number of carbonyl (C=O) groups is 2. The molecule has 2 aromatic rings. The van der Waals surface area contributed by atoms with Crippen molar-refractivity contribution in [1.82, 2.24) is 25.8 Å². The first-order valence-corrected chi connectivity index (χ1v) is 14.4. The Bertz CT molecular complexity index is 1100. The molecule has 5 rings (SSSR count). The lowest BCUT2D eigenvalue weighted by Gasteiger charge is -2.42. The summed E-state index contributed by atoms with van der Waals surface area (Å²) in [4.78, 5) is 31.7. The van der Waals surface area contributed by atoms with Gasteiger partial charge in [0.1, 0.15) is 6.04 Å². The van der Waals surface area contributed by atoms with Crippen LogP contribution in [0.5, 0.6) is 0 Å². The monoisotopic (exact) mass is 537 g/mol. The maximum atomic E-state index is 13.8. The van der Waals surface area contributed by atoms with Crippen LogP contribution in [-0.2, 0) is 29.0 Å². The summed E-state index contributed by atoms with van der Waals surface area (Å²) in [5.74, 6) is -0.111. The molecule has 3 aliphatic heterocycles. The second-order valence-corrected chi connectivity index (χ2v) is 11.4. The minimum Gasteiger partial charge on any atom is -0.343 e. The van der Waals surface area contributed by atoms with Crippen molar-refractivity contribution in [2.75, 3.05) is 33.2 Å². The number of hydrogen-bond acceptors (Lipinski definition) is 5. The molecule has 204 valence electrons. The highest BCUT2D eigenvalue weighted by Crippen LogP contribution is 2.23. The average Bonchev–Trinajstić information content (AvgIpc) is 2.97. The summed E-state index contributed by atoms with van der Waals surface area (Å²) in [6.45, 7) is 4.27. The molecule has 0 aliphatic carbocycles. The van der Waals surface area contributed by atoms with E-state index in [-0.39, 0.29) is 17.9 Å². The number of rotatable bonds is 7. The first-order chi connectivity index (χ1) is 18.5. The molecule has 0 saturated carbocycles. The summed E-state index contributed by atoms with van der Waals surface area (Å²) < 4.78 is 0. The van der Waals surface area contributed by atoms with Crippen molar-refractivity contribution in [3.05, 3.63) is 70.2 Å². The summed E-state index contributed by atoms with van der Waals surface area (Å²) >= 11 is 6.09. The number of benzene rings is 2. The number of hydrogen-bond donors (Lipinski definition) is 3. The van der Waals surface area contributed by atoms with E-state index in [0.717, 1.165) is 44.6 Å². The molecule has 2 saturated heterocycles. The molecular weight excluding hydrogens is 498 g/mol. The van der Waals surface area contributed by atoms with Gasteiger partial charge in [-0.05, 0) is 81.1 Å². The number of fused-ring (bicyclic) bond motifs is 1. The molecule has 3 aliphatic rings. The van der Waals surface area contributed by atoms with E-state index in [0.29, 0.717) is 36.5 Å². The van der Waals surface area contributed by atoms with E-state index in [4.69, 9.17) is 11.6 Å². The lowest BCUT2D eigenvalue weighted by Crippen LogP contribution is -2.57. The van der Waals surface area contributed by atoms with Crippen molar-refractivity contribution in [3.63, 3.8) is 0 Å². The van der Waals surface area contributed by atoms with Gasteiger partial charge in [-0.1, -0.05) is 48.0 Å². The number of amides is 2. The summed E-state index contributed by atoms with van der Waals surface area (Å²) in [5.41, 5.74) is 3.39. The van der Waals surface area contributed by atoms with Crippen LogP contribution in [-0.4, -0.2) is 79.0 Å². The highest BCUT2D eigenvalue weighted by Gasteiger charge is 2.34. The van der Waals surface area contributed by atoms with Gasteiger partial charge in [0, 0.05) is 43.2 Å². The SMILES string of the molecule is CN(C1CCNCC1)C1CCN(C(=O)[C@@H](Cc2ccc(Cl)cc2)NC(=O)[C@H]2Cc3ccccc3CN2)CC1. The molecule has 0 radical (unpaired) electrons. The van der Waals surface area contributed by atoms with Crippen molar-refractivity contribution in [2.24, 2.45) is 0 Å². The molecule has 2 amide bonds. The van der Waals surface area contributed by atoms with Crippen molar-refractivity contribution in [3.8, 4) is 0 Å². The summed E-state index contributed by atoms with van der Waals surface area (Å²) in [7, 11) is 2.25. The fourth-order valence-electron chi connectivity index (χ4n) is 6.19. The number of nitrogens with one attached hydrogen (secondary N) is 3. The Morgan fingerprint density at radius 3 is 2.37 bits per heavy atom. The van der Waals surface area contributed by atoms with Crippen LogP contribution in [0.3, 0.4) is 0 Å². The van der Waals surface area contributed by atoms with Crippen LogP contribution >= 0.6 is 11.6 Å². The first kappa shape index (κ1) is 27.1. The third-order valence-corrected chi connectivity index (χ3v) is 8.85. The molecule has 2 fully saturated rings. The standard InChI is InChI=1S/C30H40ClN5O2/c1-35(25-10-14-32-15-11-25)26-12-16-36(17-13-26)30(38)28(18-21-6-8-24(31)9-7-21)34-29(37)27-19-22-4-2-3-5-23(22)20-33-27/h2-9,25-28,32-33H,10-20H2,1H3,(H,34,37)/t27-,28-/m1/s1. The molecule has 0 spiro atoms. The van der Waals surface area contributed by atoms with E-state index in [9.17, 15) is 9.59 Å². The van der Waals surface area contributed by atoms with Crippen molar-refractivity contribution < 1.29 is 9.59 Å². The predicted molar refractivity (Wildman–Crippen MR) is 151 cm³/mol. The van der Waals surface area contributed by atoms with Crippen LogP contribution in [0.4, 0.5) is 0 Å². The largest absolute Gasteiger partial charge is 0.343 e. The maximum absolute atomic E-state index is 13.8. The maximum Gasteiger partial charge on any atom is 0.245 e. The zero-order chi connectivity index (χ0) is 26.5. The van der Waals surface area contributed by atoms with Gasteiger partial charge >= 0.3 is 0 Å². The van der Waals surface area contributed by atoms with Crippen LogP contribution in [0.2, 0.25) is 5.02 Å². The molecule has 2 aromatic carbocycles. The molecule has 3 N–H and O–H groups in total. The molecule has 0 aromatic heterocycles. The second kappa shape index (κ2) is 12.6. The van der Waals surface area contributed by atoms with Crippen molar-refractivity contribution in [1.29, 1.82) is 0 Å². The molecule has 7 nitrogen and oxygen atoms in total. The quantitative estimate of drug-likeness (QED) is 0.506. The van der Waals surface area contributed by atoms with Crippen molar-refractivity contribution in [2.45, 2.75) is 69.2 Å². The van der Waals surface area contributed by atoms with Gasteiger partial charge in [0.25, 0.3) is 0 Å². The van der Waals surface area contributed by atoms with Crippen LogP contribution in [0, 0.1) is 0 Å². The molecule has 0 unspecified atom stereocenters. The zero-order valence-corrected chi connectivity index (χ0v) is 23.1. The zero-order valence-electron chi connectivity index (χ0n) is 22.3. The van der Waals surface area contributed by atoms with Gasteiger partial charge in [0.05, 0.1) is 6.04 Å². The topological polar surface area (TPSA) is 76.7 Å². The molecule has 2 atom stereocenters. The number of nitrogens with zero attached hydrogens (tertiary/aromatic N) is 2. The summed E-state index contributed by atoms with van der Waals surface area (Å²) in [6.07, 6.45) is 5.37. The van der Waals surface area contributed by atoms with Crippen LogP contribution in [0.1, 0.15) is 42.4 Å². The van der Waals surface area contributed by atoms with E-state index in [1.807, 2.05) is 41.3 Å². The molecule has 8 heteroatoms. The molecular formula is C30H40ClN5O2. The molecule has 38 heavy (non-hydrogen) atoms. The lowest BCUT2D eigenvalue weighted by molar-refractivity contribution is -0.138. The van der Waals surface area contributed by atoms with Crippen LogP contribution in [0.25, 0.3) is 0 Å². The Labute approximate surface area is 231 Å². The number of likely N-dealkylation sites (tertiary alicyclic amines) is 1. The normalized spacial score (nSPS) is 21.7. The number of halogens is 1. The van der Waals surface area contributed by atoms with Gasteiger partial charge in [-0.3, -0.25) is 9.59 Å². The highest BCUT2D eigenvalue weighted by atomic mass is 35.5. The van der Waals surface area contributed by atoms with Crippen molar-refractivity contribution >= 4 is 23.4 Å². The average molecular weight is 538 g/mol. The first-order valence-electron chi connectivity index (χ1n) is 14.0. The summed E-state index contributed by atoms with van der Waals surface area (Å²) in [5, 5.41) is 10.6. The van der Waals surface area contributed by atoms with Gasteiger partial charge in [-0.15, -0.1) is 0 Å². The van der Waals surface area contributed by atoms with E-state index in [1.54, 1.807) is 0 Å². The minimum atomic E-state index is -0.610. The fourth-order valence-corrected chi connectivity index (χ4v) is 6.32. The Morgan fingerprint density at radius 2 is 1.66 bits per heavy atom. The highest BCUT2D eigenvalue weighted by molar-refractivity contribution is 6.30. The Morgan fingerprint density at radius 1 is 1.00 bits per heavy atom. The minimum absolute atomic E-state index is 0.00693. The van der Waals surface area contributed by atoms with Gasteiger partial charge in [0.2, 0.25) is 11.8 Å². The van der Waals surface area contributed by atoms with Gasteiger partial charge in [0.15, 0.2) is 0 Å². The Kier molecular flexibility index (Phi) is 9.00. The predicted octanol–water partition coefficient (Wildman–Crippen LogP) is 2.76. The smallest absolute Gasteiger partial charge is 0.245 e. The number of piperidine rings is 2. The third kappa shape index (κ3) is 6.57. The summed E-state index contributed by atoms with van der Waals surface area (Å²) in [6, 6.07) is 15.9. The van der Waals surface area contributed by atoms with Gasteiger partial charge < -0.3 is 25.8 Å². The number of carbonyl (C=O) groups excluding carboxylic acids is 2. The van der Waals surface area contributed by atoms with E-state index < -0.39 is 6.04 Å². The lowest BCUT2D eigenvalue weighted by atomic mass is 9.94. The third-order valence-electron chi connectivity index (χ3n) is 8.60. The molecule has 3 heterocycles. The Hall–Kier alpha value is -2.45.